The van der Waals surface area contributed by atoms with E-state index in [9.17, 15) is 9.59 Å². The van der Waals surface area contributed by atoms with Crippen LogP contribution in [0, 0.1) is 0 Å². The van der Waals surface area contributed by atoms with Crippen LogP contribution in [-0.2, 0) is 13.6 Å². The lowest BCUT2D eigenvalue weighted by atomic mass is 10.1. The Bertz CT molecular complexity index is 1080. The maximum Gasteiger partial charge on any atom is 0.352 e. The van der Waals surface area contributed by atoms with E-state index < -0.39 is 5.69 Å². The normalized spacial score (nSPS) is 11.3. The van der Waals surface area contributed by atoms with E-state index >= 15 is 0 Å². The zero-order valence-electron chi connectivity index (χ0n) is 17.7. The Morgan fingerprint density at radius 2 is 1.72 bits per heavy atom. The Morgan fingerprint density at radius 1 is 1.00 bits per heavy atom. The van der Waals surface area contributed by atoms with Crippen LogP contribution in [0.15, 0.2) is 27.8 Å². The molecule has 7 heteroatoms. The minimum atomic E-state index is -0.555. The van der Waals surface area contributed by atoms with E-state index in [2.05, 4.69) is 11.9 Å². The molecule has 0 bridgehead atoms. The monoisotopic (exact) mass is 399 g/mol. The summed E-state index contributed by atoms with van der Waals surface area (Å²) in [7, 11) is 4.63. The molecular weight excluding hydrogens is 370 g/mol. The molecule has 2 heterocycles. The summed E-state index contributed by atoms with van der Waals surface area (Å²) in [5.41, 5.74) is 0.319. The molecule has 0 radical (unpaired) electrons. The summed E-state index contributed by atoms with van der Waals surface area (Å²) >= 11 is 0. The minimum absolute atomic E-state index is 0.339. The van der Waals surface area contributed by atoms with Gasteiger partial charge in [-0.1, -0.05) is 39.0 Å². The third-order valence-corrected chi connectivity index (χ3v) is 5.38. The van der Waals surface area contributed by atoms with Gasteiger partial charge in [-0.2, -0.15) is 4.98 Å². The fraction of sp³-hybridized carbons (Fsp3) is 0.500. The molecule has 2 aliphatic rings. The number of aryl methyl sites for hydroxylation is 1. The third-order valence-electron chi connectivity index (χ3n) is 5.38. The lowest BCUT2D eigenvalue weighted by Crippen LogP contribution is -2.36. The molecule has 1 aromatic rings. The number of pyridine rings is 1. The molecule has 0 atom stereocenters. The first-order valence-electron chi connectivity index (χ1n) is 10.2. The maximum atomic E-state index is 12.7. The standard InChI is InChI=1S/C22H29N3O4/c1-5-6-7-8-9-10-13-25-18-15(11-12-17(28-3)19(18)29-4)14-16-20(25)23-22(27)24(2)21(16)26/h11-12,14H,5-10,13H2,1-4H3. The van der Waals surface area contributed by atoms with Gasteiger partial charge in [0.25, 0.3) is 5.56 Å². The molecule has 7 nitrogen and oxygen atoms in total. The Balaban J connectivity index is 2.18. The summed E-state index contributed by atoms with van der Waals surface area (Å²) < 4.78 is 14.1. The first kappa shape index (κ1) is 20.9. The van der Waals surface area contributed by atoms with Crippen LogP contribution in [0.25, 0.3) is 22.3 Å². The summed E-state index contributed by atoms with van der Waals surface area (Å²) in [6.45, 7) is 2.84. The van der Waals surface area contributed by atoms with Gasteiger partial charge >= 0.3 is 5.69 Å². The minimum Gasteiger partial charge on any atom is -0.493 e. The molecule has 0 amide bonds. The van der Waals surface area contributed by atoms with E-state index in [1.807, 2.05) is 16.7 Å². The van der Waals surface area contributed by atoms with Gasteiger partial charge in [0.1, 0.15) is 0 Å². The van der Waals surface area contributed by atoms with Crippen LogP contribution in [-0.4, -0.2) is 28.3 Å². The highest BCUT2D eigenvalue weighted by Gasteiger charge is 2.22. The van der Waals surface area contributed by atoms with Crippen molar-refractivity contribution in [1.82, 2.24) is 14.1 Å². The number of aromatic nitrogens is 3. The Labute approximate surface area is 170 Å². The van der Waals surface area contributed by atoms with Gasteiger partial charge < -0.3 is 14.0 Å². The van der Waals surface area contributed by atoms with Gasteiger partial charge in [0.2, 0.25) is 0 Å². The van der Waals surface area contributed by atoms with Crippen LogP contribution in [0.4, 0.5) is 0 Å². The van der Waals surface area contributed by atoms with Crippen LogP contribution in [0.5, 0.6) is 11.5 Å². The van der Waals surface area contributed by atoms with Crippen LogP contribution in [0.1, 0.15) is 45.4 Å². The lowest BCUT2D eigenvalue weighted by Gasteiger charge is -2.21. The predicted octanol–water partition coefficient (Wildman–Crippen LogP) is 3.58. The Hall–Kier alpha value is -2.83. The van der Waals surface area contributed by atoms with Crippen LogP contribution < -0.4 is 20.7 Å². The van der Waals surface area contributed by atoms with Gasteiger partial charge in [0.15, 0.2) is 17.3 Å². The summed E-state index contributed by atoms with van der Waals surface area (Å²) in [5, 5.41) is 0.846. The number of rotatable bonds is 9. The van der Waals surface area contributed by atoms with Gasteiger partial charge in [-0.25, -0.2) is 4.79 Å². The molecule has 0 saturated heterocycles. The van der Waals surface area contributed by atoms with E-state index in [-0.39, 0.29) is 5.56 Å². The number of hydrogen-bond donors (Lipinski definition) is 0. The van der Waals surface area contributed by atoms with Crippen LogP contribution >= 0.6 is 0 Å². The number of fused-ring (bicyclic) bond motifs is 2. The number of methoxy groups -OCH3 is 2. The summed E-state index contributed by atoms with van der Waals surface area (Å²) in [4.78, 5) is 29.2. The number of hydrogen-bond acceptors (Lipinski definition) is 5. The molecule has 0 N–H and O–H groups in total. The first-order valence-corrected chi connectivity index (χ1v) is 10.2. The summed E-state index contributed by atoms with van der Waals surface area (Å²) in [6, 6.07) is 5.50. The van der Waals surface area contributed by atoms with Crippen LogP contribution in [0.3, 0.4) is 0 Å². The van der Waals surface area contributed by atoms with Crippen molar-refractivity contribution in [3.05, 3.63) is 39.0 Å². The van der Waals surface area contributed by atoms with Crippen molar-refractivity contribution < 1.29 is 9.47 Å². The van der Waals surface area contributed by atoms with Crippen molar-refractivity contribution in [2.45, 2.75) is 52.0 Å². The number of benzene rings is 1. The fourth-order valence-electron chi connectivity index (χ4n) is 3.77. The molecular formula is C22H29N3O4. The number of unbranched alkanes of at least 4 members (excludes halogenated alkanes) is 5. The molecule has 156 valence electrons. The smallest absolute Gasteiger partial charge is 0.352 e. The summed E-state index contributed by atoms with van der Waals surface area (Å²) in [6.07, 6.45) is 6.84. The SMILES string of the molecule is CCCCCCCCn1c2nc(=O)n(C)c(=O)c-2cc2ccc(OC)c(OC)c21. The molecule has 0 saturated carbocycles. The highest BCUT2D eigenvalue weighted by Crippen LogP contribution is 2.38. The van der Waals surface area contributed by atoms with E-state index in [1.165, 1.54) is 32.7 Å². The molecule has 1 aromatic carbocycles. The van der Waals surface area contributed by atoms with Gasteiger partial charge in [0.05, 0.1) is 25.3 Å². The molecule has 0 aromatic heterocycles. The van der Waals surface area contributed by atoms with Crippen molar-refractivity contribution in [3.63, 3.8) is 0 Å². The highest BCUT2D eigenvalue weighted by atomic mass is 16.5. The largest absolute Gasteiger partial charge is 0.493 e. The Morgan fingerprint density at radius 3 is 2.41 bits per heavy atom. The second kappa shape index (κ2) is 9.11. The number of nitrogens with zero attached hydrogens (tertiary/aromatic N) is 3. The predicted molar refractivity (Wildman–Crippen MR) is 114 cm³/mol. The second-order valence-electron chi connectivity index (χ2n) is 7.30. The van der Waals surface area contributed by atoms with E-state index in [4.69, 9.17) is 9.47 Å². The van der Waals surface area contributed by atoms with E-state index in [0.29, 0.717) is 29.4 Å². The average molecular weight is 399 g/mol. The average Bonchev–Trinajstić information content (AvgIpc) is 2.73. The van der Waals surface area contributed by atoms with Gasteiger partial charge in [0, 0.05) is 19.0 Å². The quantitative estimate of drug-likeness (QED) is 0.406. The highest BCUT2D eigenvalue weighted by molar-refractivity contribution is 5.92. The molecule has 0 fully saturated rings. The first-order chi connectivity index (χ1) is 14.0. The number of ether oxygens (including phenoxy) is 2. The van der Waals surface area contributed by atoms with Crippen molar-refractivity contribution in [2.75, 3.05) is 14.2 Å². The Kier molecular flexibility index (Phi) is 6.56. The zero-order valence-corrected chi connectivity index (χ0v) is 17.7. The molecule has 29 heavy (non-hydrogen) atoms. The molecule has 3 rings (SSSR count). The molecule has 0 aliphatic carbocycles. The fourth-order valence-corrected chi connectivity index (χ4v) is 3.77. The molecule has 2 aliphatic heterocycles. The molecule has 0 spiro atoms. The van der Waals surface area contributed by atoms with Crippen molar-refractivity contribution in [2.24, 2.45) is 7.05 Å². The second-order valence-corrected chi connectivity index (χ2v) is 7.30. The third kappa shape index (κ3) is 3.99. The van der Waals surface area contributed by atoms with Crippen molar-refractivity contribution >= 4 is 10.9 Å². The topological polar surface area (TPSA) is 75.4 Å². The summed E-state index contributed by atoms with van der Waals surface area (Å²) in [5.74, 6) is 1.57. The maximum absolute atomic E-state index is 12.7. The van der Waals surface area contributed by atoms with Crippen LogP contribution in [0.2, 0.25) is 0 Å². The van der Waals surface area contributed by atoms with Gasteiger partial charge in [-0.15, -0.1) is 0 Å². The van der Waals surface area contributed by atoms with Crippen molar-refractivity contribution in [1.29, 1.82) is 0 Å². The zero-order chi connectivity index (χ0) is 21.0. The lowest BCUT2D eigenvalue weighted by molar-refractivity contribution is 0.356. The van der Waals surface area contributed by atoms with Crippen molar-refractivity contribution in [3.8, 4) is 22.9 Å². The van der Waals surface area contributed by atoms with Gasteiger partial charge in [-0.3, -0.25) is 9.36 Å². The molecule has 0 unspecified atom stereocenters. The van der Waals surface area contributed by atoms with E-state index in [1.54, 1.807) is 20.3 Å². The van der Waals surface area contributed by atoms with E-state index in [0.717, 1.165) is 28.3 Å². The van der Waals surface area contributed by atoms with Gasteiger partial charge in [-0.05, 0) is 24.6 Å².